The van der Waals surface area contributed by atoms with Gasteiger partial charge in [-0.3, -0.25) is 0 Å². The zero-order valence-electron chi connectivity index (χ0n) is 16.9. The molecule has 4 aliphatic rings. The molecule has 4 fully saturated rings. The number of piperidine rings is 2. The highest BCUT2D eigenvalue weighted by Crippen LogP contribution is 2.29. The Labute approximate surface area is 165 Å². The Hall–Kier alpha value is -0.940. The molecular formula is C23H38N4. The normalized spacial score (nSPS) is 25.8. The van der Waals surface area contributed by atoms with Crippen molar-refractivity contribution in [1.82, 2.24) is 15.1 Å². The molecule has 0 aromatic heterocycles. The lowest BCUT2D eigenvalue weighted by atomic mass is 10.0. The summed E-state index contributed by atoms with van der Waals surface area (Å²) in [5, 5.41) is 3.69. The van der Waals surface area contributed by atoms with Crippen LogP contribution in [0.1, 0.15) is 56.9 Å². The van der Waals surface area contributed by atoms with Crippen molar-refractivity contribution in [2.45, 2.75) is 82.1 Å². The van der Waals surface area contributed by atoms with Gasteiger partial charge < -0.3 is 20.9 Å². The van der Waals surface area contributed by atoms with E-state index >= 15 is 0 Å². The lowest BCUT2D eigenvalue weighted by Gasteiger charge is -2.32. The van der Waals surface area contributed by atoms with E-state index in [0.29, 0.717) is 6.04 Å². The van der Waals surface area contributed by atoms with Gasteiger partial charge in [-0.15, -0.1) is 0 Å². The van der Waals surface area contributed by atoms with Gasteiger partial charge in [-0.05, 0) is 83.1 Å². The molecule has 3 N–H and O–H groups in total. The third kappa shape index (κ3) is 6.28. The number of likely N-dealkylation sites (tertiary alicyclic amines) is 2. The maximum Gasteiger partial charge on any atom is 0.0208 e. The van der Waals surface area contributed by atoms with Crippen molar-refractivity contribution >= 4 is 0 Å². The molecule has 0 atom stereocenters. The predicted molar refractivity (Wildman–Crippen MR) is 113 cm³/mol. The maximum atomic E-state index is 5.79. The average Bonchev–Trinajstić information content (AvgIpc) is 3.61. The van der Waals surface area contributed by atoms with Crippen LogP contribution in [-0.4, -0.2) is 60.1 Å². The van der Waals surface area contributed by atoms with Crippen LogP contribution in [0.15, 0.2) is 30.3 Å². The number of benzene rings is 1. The minimum atomic E-state index is 0.495. The summed E-state index contributed by atoms with van der Waals surface area (Å²) in [5.74, 6) is 0. The van der Waals surface area contributed by atoms with Crippen LogP contribution in [0, 0.1) is 0 Å². The van der Waals surface area contributed by atoms with Crippen LogP contribution >= 0.6 is 0 Å². The summed E-state index contributed by atoms with van der Waals surface area (Å²) >= 11 is 0. The molecular weight excluding hydrogens is 332 g/mol. The van der Waals surface area contributed by atoms with E-state index in [1.807, 2.05) is 0 Å². The van der Waals surface area contributed by atoms with Crippen molar-refractivity contribution in [3.63, 3.8) is 0 Å². The second kappa shape index (κ2) is 9.51. The second-order valence-corrected chi connectivity index (χ2v) is 9.01. The fourth-order valence-corrected chi connectivity index (χ4v) is 4.49. The third-order valence-corrected chi connectivity index (χ3v) is 6.67. The van der Waals surface area contributed by atoms with Crippen LogP contribution in [-0.2, 0) is 6.54 Å². The van der Waals surface area contributed by atoms with Gasteiger partial charge in [0.1, 0.15) is 0 Å². The van der Waals surface area contributed by atoms with Gasteiger partial charge >= 0.3 is 0 Å². The molecule has 2 heterocycles. The van der Waals surface area contributed by atoms with Gasteiger partial charge in [-0.2, -0.15) is 0 Å². The van der Waals surface area contributed by atoms with Crippen molar-refractivity contribution in [2.75, 3.05) is 26.2 Å². The number of hydrogen-bond donors (Lipinski definition) is 2. The fraction of sp³-hybridized carbons (Fsp3) is 0.739. The highest BCUT2D eigenvalue weighted by atomic mass is 15.2. The van der Waals surface area contributed by atoms with Gasteiger partial charge in [0.25, 0.3) is 0 Å². The Morgan fingerprint density at radius 2 is 1.26 bits per heavy atom. The summed E-state index contributed by atoms with van der Waals surface area (Å²) in [5.41, 5.74) is 7.19. The van der Waals surface area contributed by atoms with Gasteiger partial charge in [-0.25, -0.2) is 0 Å². The van der Waals surface area contributed by atoms with E-state index in [1.165, 1.54) is 83.1 Å². The lowest BCUT2D eigenvalue weighted by Crippen LogP contribution is -2.43. The van der Waals surface area contributed by atoms with E-state index in [9.17, 15) is 0 Å². The molecule has 4 nitrogen and oxygen atoms in total. The first-order valence-electron chi connectivity index (χ1n) is 11.3. The van der Waals surface area contributed by atoms with Crippen LogP contribution in [0.3, 0.4) is 0 Å². The molecule has 2 aliphatic heterocycles. The molecule has 27 heavy (non-hydrogen) atoms. The lowest BCUT2D eigenvalue weighted by molar-refractivity contribution is 0.189. The third-order valence-electron chi connectivity index (χ3n) is 6.67. The maximum absolute atomic E-state index is 5.79. The summed E-state index contributed by atoms with van der Waals surface area (Å²) in [6.07, 6.45) is 10.9. The quantitative estimate of drug-likeness (QED) is 0.836. The van der Waals surface area contributed by atoms with Crippen LogP contribution < -0.4 is 11.1 Å². The van der Waals surface area contributed by atoms with Crippen molar-refractivity contribution in [1.29, 1.82) is 0 Å². The van der Waals surface area contributed by atoms with Crippen LogP contribution in [0.25, 0.3) is 0 Å². The molecule has 5 rings (SSSR count). The number of rotatable bonds is 5. The second-order valence-electron chi connectivity index (χ2n) is 9.01. The standard InChI is InChI=1S/C15H22N2.C8H16N2/c1-2-4-13(5-3-1)12-16-14-8-10-17(11-9-14)15-6-7-15;9-7-3-5-10(6-4-7)8-1-2-8/h1-5,14-16H,6-12H2;7-8H,1-6,9H2. The predicted octanol–water partition coefficient (Wildman–Crippen LogP) is 2.97. The van der Waals surface area contributed by atoms with Gasteiger partial charge in [-0.1, -0.05) is 30.3 Å². The van der Waals surface area contributed by atoms with E-state index in [1.54, 1.807) is 0 Å². The summed E-state index contributed by atoms with van der Waals surface area (Å²) in [7, 11) is 0. The van der Waals surface area contributed by atoms with E-state index < -0.39 is 0 Å². The number of nitrogens with two attached hydrogens (primary N) is 1. The van der Waals surface area contributed by atoms with Gasteiger partial charge in [0.15, 0.2) is 0 Å². The Morgan fingerprint density at radius 3 is 1.78 bits per heavy atom. The highest BCUT2D eigenvalue weighted by Gasteiger charge is 2.32. The van der Waals surface area contributed by atoms with Crippen LogP contribution in [0.2, 0.25) is 0 Å². The molecule has 0 bridgehead atoms. The van der Waals surface area contributed by atoms with E-state index in [4.69, 9.17) is 5.73 Å². The molecule has 0 amide bonds. The van der Waals surface area contributed by atoms with Crippen molar-refractivity contribution in [3.05, 3.63) is 35.9 Å². The zero-order chi connectivity index (χ0) is 18.5. The molecule has 0 spiro atoms. The Bertz CT molecular complexity index is 539. The molecule has 0 radical (unpaired) electrons. The summed E-state index contributed by atoms with van der Waals surface area (Å²) in [6, 6.07) is 13.8. The van der Waals surface area contributed by atoms with Crippen molar-refractivity contribution in [2.24, 2.45) is 5.73 Å². The average molecular weight is 371 g/mol. The minimum absolute atomic E-state index is 0.495. The number of hydrogen-bond acceptors (Lipinski definition) is 4. The summed E-state index contributed by atoms with van der Waals surface area (Å²) in [6.45, 7) is 6.14. The summed E-state index contributed by atoms with van der Waals surface area (Å²) < 4.78 is 0. The van der Waals surface area contributed by atoms with Crippen LogP contribution in [0.5, 0.6) is 0 Å². The zero-order valence-corrected chi connectivity index (χ0v) is 16.9. The summed E-state index contributed by atoms with van der Waals surface area (Å²) in [4.78, 5) is 5.28. The molecule has 1 aromatic carbocycles. The van der Waals surface area contributed by atoms with Gasteiger partial charge in [0.05, 0.1) is 0 Å². The molecule has 0 unspecified atom stereocenters. The SMILES string of the molecule is NC1CCN(C2CC2)CC1.c1ccc(CNC2CCN(C3CC3)CC2)cc1. The molecule has 2 aliphatic carbocycles. The van der Waals surface area contributed by atoms with Gasteiger partial charge in [0.2, 0.25) is 0 Å². The number of nitrogens with zero attached hydrogens (tertiary/aromatic N) is 2. The molecule has 4 heteroatoms. The van der Waals surface area contributed by atoms with Gasteiger partial charge in [0, 0.05) is 30.7 Å². The first-order valence-corrected chi connectivity index (χ1v) is 11.3. The first kappa shape index (κ1) is 19.4. The van der Waals surface area contributed by atoms with Crippen molar-refractivity contribution in [3.8, 4) is 0 Å². The molecule has 150 valence electrons. The molecule has 1 aromatic rings. The highest BCUT2D eigenvalue weighted by molar-refractivity contribution is 5.14. The molecule has 2 saturated heterocycles. The Kier molecular flexibility index (Phi) is 6.82. The van der Waals surface area contributed by atoms with E-state index in [0.717, 1.165) is 24.7 Å². The minimum Gasteiger partial charge on any atom is -0.328 e. The van der Waals surface area contributed by atoms with Crippen LogP contribution in [0.4, 0.5) is 0 Å². The van der Waals surface area contributed by atoms with E-state index in [-0.39, 0.29) is 0 Å². The first-order chi connectivity index (χ1) is 13.3. The topological polar surface area (TPSA) is 44.5 Å². The van der Waals surface area contributed by atoms with Crippen molar-refractivity contribution < 1.29 is 0 Å². The fourth-order valence-electron chi connectivity index (χ4n) is 4.49. The van der Waals surface area contributed by atoms with E-state index in [2.05, 4.69) is 45.4 Å². The molecule has 2 saturated carbocycles. The smallest absolute Gasteiger partial charge is 0.0208 e. The largest absolute Gasteiger partial charge is 0.328 e. The number of nitrogens with one attached hydrogen (secondary N) is 1. The monoisotopic (exact) mass is 370 g/mol. The Balaban J connectivity index is 0.000000153. The Morgan fingerprint density at radius 1 is 0.741 bits per heavy atom.